The van der Waals surface area contributed by atoms with Crippen LogP contribution in [0.3, 0.4) is 0 Å². The van der Waals surface area contributed by atoms with Crippen LogP contribution >= 0.6 is 0 Å². The van der Waals surface area contributed by atoms with Crippen LogP contribution in [0.4, 0.5) is 11.4 Å². The largest absolute Gasteiger partial charge is 0.366 e. The van der Waals surface area contributed by atoms with E-state index in [-0.39, 0.29) is 10.6 Å². The fourth-order valence-electron chi connectivity index (χ4n) is 5.17. The van der Waals surface area contributed by atoms with Crippen molar-refractivity contribution in [2.24, 2.45) is 5.73 Å². The average Bonchev–Trinajstić information content (AvgIpc) is 3.17. The first-order chi connectivity index (χ1) is 17.7. The lowest BCUT2D eigenvalue weighted by Crippen LogP contribution is -2.29. The predicted molar refractivity (Wildman–Crippen MR) is 146 cm³/mol. The number of pyridine rings is 1. The number of fused-ring (bicyclic) bond motifs is 1. The van der Waals surface area contributed by atoms with Gasteiger partial charge in [-0.2, -0.15) is 0 Å². The minimum absolute atomic E-state index is 0.102. The van der Waals surface area contributed by atoms with Crippen molar-refractivity contribution in [3.8, 4) is 22.3 Å². The van der Waals surface area contributed by atoms with Crippen LogP contribution in [-0.4, -0.2) is 58.9 Å². The van der Waals surface area contributed by atoms with Crippen LogP contribution in [0, 0.1) is 24.0 Å². The molecule has 1 aliphatic heterocycles. The molecule has 0 bridgehead atoms. The molecule has 3 N–H and O–H groups in total. The molecule has 1 fully saturated rings. The molecule has 4 aromatic rings. The number of carbonyl (C=O) groups excluding carboxylic acids is 1. The van der Waals surface area contributed by atoms with Crippen molar-refractivity contribution in [2.45, 2.75) is 20.3 Å². The van der Waals surface area contributed by atoms with E-state index in [0.29, 0.717) is 11.3 Å². The number of nitro groups is 1. The van der Waals surface area contributed by atoms with Crippen molar-refractivity contribution in [1.82, 2.24) is 14.9 Å². The van der Waals surface area contributed by atoms with Gasteiger partial charge in [0.2, 0.25) is 5.91 Å². The molecule has 0 unspecified atom stereocenters. The van der Waals surface area contributed by atoms with Gasteiger partial charge in [-0.05, 0) is 74.3 Å². The highest BCUT2D eigenvalue weighted by atomic mass is 16.6. The maximum Gasteiger partial charge on any atom is 0.293 e. The Hall–Kier alpha value is -4.24. The van der Waals surface area contributed by atoms with Gasteiger partial charge in [-0.1, -0.05) is 12.1 Å². The summed E-state index contributed by atoms with van der Waals surface area (Å²) >= 11 is 0. The van der Waals surface area contributed by atoms with E-state index in [1.165, 1.54) is 0 Å². The third-order valence-corrected chi connectivity index (χ3v) is 7.44. The fraction of sp³-hybridized carbons (Fsp3) is 0.286. The molecule has 1 amide bonds. The molecular formula is C28H30N6O3. The number of primary amides is 1. The Morgan fingerprint density at radius 3 is 2.59 bits per heavy atom. The molecule has 37 heavy (non-hydrogen) atoms. The molecule has 0 aliphatic carbocycles. The molecule has 1 saturated heterocycles. The number of likely N-dealkylation sites (N-methyl/N-ethyl adjacent to an activating group) is 1. The fourth-order valence-corrected chi connectivity index (χ4v) is 5.17. The van der Waals surface area contributed by atoms with E-state index in [9.17, 15) is 14.9 Å². The zero-order valence-corrected chi connectivity index (χ0v) is 21.2. The zero-order valence-electron chi connectivity index (χ0n) is 21.2. The minimum Gasteiger partial charge on any atom is -0.366 e. The van der Waals surface area contributed by atoms with Crippen LogP contribution in [-0.2, 0) is 0 Å². The summed E-state index contributed by atoms with van der Waals surface area (Å²) in [5, 5.41) is 13.0. The van der Waals surface area contributed by atoms with E-state index < -0.39 is 5.91 Å². The molecule has 0 radical (unpaired) electrons. The van der Waals surface area contributed by atoms with Crippen molar-refractivity contribution >= 4 is 28.3 Å². The number of nitrogens with one attached hydrogen (secondary N) is 1. The maximum absolute atomic E-state index is 12.1. The molecule has 9 heteroatoms. The Labute approximate surface area is 215 Å². The summed E-state index contributed by atoms with van der Waals surface area (Å²) in [7, 11) is 2.08. The lowest BCUT2D eigenvalue weighted by Gasteiger charge is -2.22. The van der Waals surface area contributed by atoms with Crippen molar-refractivity contribution in [3.63, 3.8) is 0 Å². The van der Waals surface area contributed by atoms with Crippen molar-refractivity contribution in [2.75, 3.05) is 38.1 Å². The second-order valence-electron chi connectivity index (χ2n) is 9.70. The highest BCUT2D eigenvalue weighted by molar-refractivity contribution is 5.99. The SMILES string of the molecule is Cc1c(C(N)=O)ccc(-c2c[nH]c3ncc(-c4ccc(N5CCCN(C)CC5)c([N+](=O)[O-])c4)cc23)c1C. The van der Waals surface area contributed by atoms with Gasteiger partial charge in [0.1, 0.15) is 11.3 Å². The van der Waals surface area contributed by atoms with Crippen LogP contribution in [0.5, 0.6) is 0 Å². The number of benzene rings is 2. The number of carbonyl (C=O) groups is 1. The molecule has 0 spiro atoms. The van der Waals surface area contributed by atoms with Crippen LogP contribution in [0.2, 0.25) is 0 Å². The van der Waals surface area contributed by atoms with Gasteiger partial charge in [0, 0.05) is 60.2 Å². The number of nitrogens with two attached hydrogens (primary N) is 1. The highest BCUT2D eigenvalue weighted by Crippen LogP contribution is 2.37. The maximum atomic E-state index is 12.1. The lowest BCUT2D eigenvalue weighted by atomic mass is 9.93. The normalized spacial score (nSPS) is 14.6. The van der Waals surface area contributed by atoms with Crippen molar-refractivity contribution < 1.29 is 9.72 Å². The third kappa shape index (κ3) is 4.53. The molecule has 2 aromatic carbocycles. The second-order valence-corrected chi connectivity index (χ2v) is 9.70. The summed E-state index contributed by atoms with van der Waals surface area (Å²) in [4.78, 5) is 35.7. The summed E-state index contributed by atoms with van der Waals surface area (Å²) in [6.07, 6.45) is 4.59. The molecule has 0 saturated carbocycles. The van der Waals surface area contributed by atoms with Crippen molar-refractivity contribution in [1.29, 1.82) is 0 Å². The minimum atomic E-state index is -0.452. The molecule has 5 rings (SSSR count). The topological polar surface area (TPSA) is 121 Å². The second kappa shape index (κ2) is 9.67. The monoisotopic (exact) mass is 498 g/mol. The summed E-state index contributed by atoms with van der Waals surface area (Å²) < 4.78 is 0. The number of nitrogens with zero attached hydrogens (tertiary/aromatic N) is 4. The molecule has 1 aliphatic rings. The smallest absolute Gasteiger partial charge is 0.293 e. The number of nitro benzene ring substituents is 1. The number of amides is 1. The van der Waals surface area contributed by atoms with Crippen LogP contribution in [0.1, 0.15) is 27.9 Å². The van der Waals surface area contributed by atoms with Crippen LogP contribution in [0.25, 0.3) is 33.3 Å². The Balaban J connectivity index is 1.56. The standard InChI is InChI=1S/C28H30N6O3/c1-17-18(2)22(27(29)35)7-6-21(17)24-16-31-28-23(24)13-20(15-30-28)19-5-8-25(26(14-19)34(36)37)33-10-4-9-32(3)11-12-33/h5-8,13-16H,4,9-12H2,1-3H3,(H2,29,35)(H,30,31). The number of anilines is 1. The number of hydrogen-bond donors (Lipinski definition) is 2. The first-order valence-electron chi connectivity index (χ1n) is 12.3. The Morgan fingerprint density at radius 2 is 1.84 bits per heavy atom. The van der Waals surface area contributed by atoms with Gasteiger partial charge in [-0.3, -0.25) is 14.9 Å². The van der Waals surface area contributed by atoms with Gasteiger partial charge < -0.3 is 20.5 Å². The number of hydrogen-bond acceptors (Lipinski definition) is 6. The number of H-pyrrole nitrogens is 1. The summed E-state index contributed by atoms with van der Waals surface area (Å²) in [6, 6.07) is 11.1. The number of rotatable bonds is 5. The van der Waals surface area contributed by atoms with Crippen LogP contribution < -0.4 is 10.6 Å². The first kappa shape index (κ1) is 24.5. The van der Waals surface area contributed by atoms with Gasteiger partial charge in [0.15, 0.2) is 0 Å². The number of aromatic nitrogens is 2. The molecule has 3 heterocycles. The summed E-state index contributed by atoms with van der Waals surface area (Å²) in [5.74, 6) is -0.452. The lowest BCUT2D eigenvalue weighted by molar-refractivity contribution is -0.384. The molecule has 2 aromatic heterocycles. The van der Waals surface area contributed by atoms with Gasteiger partial charge in [-0.15, -0.1) is 0 Å². The molecule has 9 nitrogen and oxygen atoms in total. The quantitative estimate of drug-likeness (QED) is 0.305. The van der Waals surface area contributed by atoms with Gasteiger partial charge >= 0.3 is 0 Å². The number of aromatic amines is 1. The highest BCUT2D eigenvalue weighted by Gasteiger charge is 2.23. The summed E-state index contributed by atoms with van der Waals surface area (Å²) in [5.41, 5.74) is 12.8. The van der Waals surface area contributed by atoms with E-state index >= 15 is 0 Å². The third-order valence-electron chi connectivity index (χ3n) is 7.44. The van der Waals surface area contributed by atoms with Gasteiger partial charge in [-0.25, -0.2) is 4.98 Å². The average molecular weight is 499 g/mol. The summed E-state index contributed by atoms with van der Waals surface area (Å²) in [6.45, 7) is 7.26. The first-order valence-corrected chi connectivity index (χ1v) is 12.3. The predicted octanol–water partition coefficient (Wildman–Crippen LogP) is 4.66. The van der Waals surface area contributed by atoms with Gasteiger partial charge in [0.05, 0.1) is 4.92 Å². The Kier molecular flexibility index (Phi) is 6.39. The Bertz CT molecular complexity index is 1530. The van der Waals surface area contributed by atoms with E-state index in [0.717, 1.165) is 77.0 Å². The van der Waals surface area contributed by atoms with Crippen LogP contribution in [0.15, 0.2) is 48.8 Å². The molecule has 190 valence electrons. The molecular weight excluding hydrogens is 468 g/mol. The van der Waals surface area contributed by atoms with Crippen molar-refractivity contribution in [3.05, 3.63) is 75.6 Å². The van der Waals surface area contributed by atoms with E-state index in [1.807, 2.05) is 44.3 Å². The Morgan fingerprint density at radius 1 is 1.03 bits per heavy atom. The zero-order chi connectivity index (χ0) is 26.3. The van der Waals surface area contributed by atoms with Gasteiger partial charge in [0.25, 0.3) is 5.69 Å². The molecule has 0 atom stereocenters. The van der Waals surface area contributed by atoms with E-state index in [2.05, 4.69) is 26.8 Å². The van der Waals surface area contributed by atoms with E-state index in [1.54, 1.807) is 18.3 Å². The van der Waals surface area contributed by atoms with E-state index in [4.69, 9.17) is 5.73 Å².